The minimum atomic E-state index is -1.40. The molecule has 2 aromatic carbocycles. The highest BCUT2D eigenvalue weighted by Crippen LogP contribution is 2.38. The summed E-state index contributed by atoms with van der Waals surface area (Å²) in [5.41, 5.74) is 1.01. The fourth-order valence-corrected chi connectivity index (χ4v) is 5.30. The van der Waals surface area contributed by atoms with Gasteiger partial charge in [-0.05, 0) is 69.1 Å². The monoisotopic (exact) mass is 698 g/mol. The van der Waals surface area contributed by atoms with Gasteiger partial charge in [0, 0.05) is 31.2 Å². The largest absolute Gasteiger partial charge is 0.507 e. The first-order valence-electron chi connectivity index (χ1n) is 16.3. The number of carbonyl (C=O) groups excluding carboxylic acids is 6. The lowest BCUT2D eigenvalue weighted by molar-refractivity contribution is -0.148. The van der Waals surface area contributed by atoms with E-state index in [1.807, 2.05) is 6.92 Å². The highest BCUT2D eigenvalue weighted by Gasteiger charge is 2.34. The van der Waals surface area contributed by atoms with Crippen molar-refractivity contribution in [1.29, 1.82) is 0 Å². The molecule has 2 aromatic rings. The summed E-state index contributed by atoms with van der Waals surface area (Å²) in [6.45, 7) is 3.94. The van der Waals surface area contributed by atoms with Crippen molar-refractivity contribution in [3.63, 3.8) is 0 Å². The van der Waals surface area contributed by atoms with Crippen molar-refractivity contribution < 1.29 is 48.8 Å². The average Bonchev–Trinajstić information content (AvgIpc) is 3.08. The highest BCUT2D eigenvalue weighted by atomic mass is 16.5. The van der Waals surface area contributed by atoms with Crippen molar-refractivity contribution >= 4 is 35.5 Å². The fraction of sp³-hybridized carbons (Fsp3) is 0.471. The zero-order valence-corrected chi connectivity index (χ0v) is 28.7. The van der Waals surface area contributed by atoms with Crippen molar-refractivity contribution in [2.45, 2.75) is 70.2 Å². The Bertz CT molecular complexity index is 1580. The van der Waals surface area contributed by atoms with Crippen LogP contribution in [0.1, 0.15) is 50.8 Å². The Morgan fingerprint density at radius 2 is 1.66 bits per heavy atom. The summed E-state index contributed by atoms with van der Waals surface area (Å²) in [6, 6.07) is 3.09. The molecule has 5 atom stereocenters. The van der Waals surface area contributed by atoms with Gasteiger partial charge in [0.15, 0.2) is 0 Å². The number of amides is 5. The number of esters is 1. The van der Waals surface area contributed by atoms with Crippen LogP contribution in [0, 0.1) is 0 Å². The number of carbonyl (C=O) groups is 6. The van der Waals surface area contributed by atoms with Crippen LogP contribution in [0.5, 0.6) is 11.5 Å². The van der Waals surface area contributed by atoms with Gasteiger partial charge in [0.05, 0.1) is 19.2 Å². The Morgan fingerprint density at radius 1 is 1.00 bits per heavy atom. The second-order valence-electron chi connectivity index (χ2n) is 12.0. The van der Waals surface area contributed by atoms with Gasteiger partial charge in [-0.15, -0.1) is 0 Å². The smallest absolute Gasteiger partial charge is 0.328 e. The third-order valence-electron chi connectivity index (χ3n) is 8.21. The molecule has 5 amide bonds. The molecule has 0 aromatic heterocycles. The molecule has 0 spiro atoms. The van der Waals surface area contributed by atoms with Gasteiger partial charge in [0.1, 0.15) is 35.7 Å². The summed E-state index contributed by atoms with van der Waals surface area (Å²) < 4.78 is 5.29. The van der Waals surface area contributed by atoms with E-state index in [1.165, 1.54) is 58.3 Å². The number of hydrogen-bond acceptors (Lipinski definition) is 11. The predicted molar refractivity (Wildman–Crippen MR) is 180 cm³/mol. The number of rotatable bonds is 12. The van der Waals surface area contributed by atoms with Gasteiger partial charge in [0.25, 0.3) is 0 Å². The van der Waals surface area contributed by atoms with Crippen LogP contribution in [-0.2, 0) is 39.9 Å². The van der Waals surface area contributed by atoms with E-state index in [0.717, 1.165) is 4.90 Å². The second kappa shape index (κ2) is 18.0. The van der Waals surface area contributed by atoms with E-state index in [2.05, 4.69) is 26.6 Å². The fourth-order valence-electron chi connectivity index (χ4n) is 5.30. The summed E-state index contributed by atoms with van der Waals surface area (Å²) in [7, 11) is 2.85. The number of nitrogens with one attached hydrogen (secondary N) is 5. The molecule has 8 N–H and O–H groups in total. The van der Waals surface area contributed by atoms with Gasteiger partial charge in [-0.25, -0.2) is 4.79 Å². The predicted octanol–water partition coefficient (Wildman–Crippen LogP) is -0.646. The Balaban J connectivity index is 1.95. The standard InChI is InChI=1S/C34H46N6O10/c1-6-13-50-34(49)25-15-20-7-9-26(42)22(14-20)23-16-21(8-10-27(23)43)29(33(48)38-19(3)31(46)39-25)40(5)28(44)17-36-30(45)18(2)37-32(47)24(35-4)11-12-41/h7-10,14,16,18-19,24-25,29,35,41-43H,6,11-13,15,17H2,1-5H3,(H,36,45)(H,37,47)(H,38,48)(H,39,46)/t18-,19+,24-,25+,29+/m1/s1. The van der Waals surface area contributed by atoms with Crippen molar-refractivity contribution in [3.05, 3.63) is 47.5 Å². The summed E-state index contributed by atoms with van der Waals surface area (Å²) in [4.78, 5) is 79.7. The molecule has 272 valence electrons. The molecular weight excluding hydrogens is 652 g/mol. The third-order valence-corrected chi connectivity index (χ3v) is 8.21. The molecule has 50 heavy (non-hydrogen) atoms. The number of ether oxygens (including phenoxy) is 1. The lowest BCUT2D eigenvalue weighted by Crippen LogP contribution is -2.54. The van der Waals surface area contributed by atoms with Gasteiger partial charge in [-0.2, -0.15) is 0 Å². The first-order valence-corrected chi connectivity index (χ1v) is 16.3. The SMILES string of the molecule is CCCOC(=O)[C@@H]1Cc2ccc(O)c(c2)-c2cc(ccc2O)[C@H](N(C)C(=O)CNC(=O)[C@@H](C)NC(=O)[C@@H](CCO)NC)C(=O)N[C@@H](C)C(=O)N1. The van der Waals surface area contributed by atoms with Gasteiger partial charge in [0.2, 0.25) is 29.5 Å². The summed E-state index contributed by atoms with van der Waals surface area (Å²) in [5, 5.41) is 43.7. The molecule has 0 fully saturated rings. The van der Waals surface area contributed by atoms with E-state index < -0.39 is 72.3 Å². The Kier molecular flexibility index (Phi) is 14.1. The maximum absolute atomic E-state index is 13.8. The Labute approximate surface area is 289 Å². The molecule has 0 saturated heterocycles. The number of aliphatic hydroxyl groups is 1. The number of phenols is 2. The number of likely N-dealkylation sites (N-methyl/N-ethyl adjacent to an activating group) is 2. The lowest BCUT2D eigenvalue weighted by atomic mass is 9.94. The van der Waals surface area contributed by atoms with Crippen LogP contribution in [0.25, 0.3) is 11.1 Å². The number of benzene rings is 2. The Hall–Kier alpha value is -5.22. The van der Waals surface area contributed by atoms with Crippen molar-refractivity contribution in [2.75, 3.05) is 33.9 Å². The molecule has 16 heteroatoms. The molecule has 0 unspecified atom stereocenters. The third kappa shape index (κ3) is 9.92. The lowest BCUT2D eigenvalue weighted by Gasteiger charge is -2.30. The van der Waals surface area contributed by atoms with E-state index in [0.29, 0.717) is 12.0 Å². The van der Waals surface area contributed by atoms with E-state index >= 15 is 0 Å². The highest BCUT2D eigenvalue weighted by molar-refractivity contribution is 5.96. The topological polar surface area (TPSA) is 236 Å². The maximum Gasteiger partial charge on any atom is 0.328 e. The first kappa shape index (κ1) is 39.2. The number of aliphatic hydroxyl groups excluding tert-OH is 1. The van der Waals surface area contributed by atoms with Crippen LogP contribution in [0.15, 0.2) is 36.4 Å². The quantitative estimate of drug-likeness (QED) is 0.130. The summed E-state index contributed by atoms with van der Waals surface area (Å²) in [5.74, 6) is -4.59. The minimum Gasteiger partial charge on any atom is -0.507 e. The maximum atomic E-state index is 13.8. The van der Waals surface area contributed by atoms with Crippen molar-refractivity contribution in [1.82, 2.24) is 31.5 Å². The molecule has 4 bridgehead atoms. The van der Waals surface area contributed by atoms with Gasteiger partial charge in [-0.1, -0.05) is 19.1 Å². The molecule has 3 rings (SSSR count). The molecule has 0 aliphatic carbocycles. The Morgan fingerprint density at radius 3 is 2.30 bits per heavy atom. The molecule has 0 saturated carbocycles. The second-order valence-corrected chi connectivity index (χ2v) is 12.0. The number of phenolic OH excluding ortho intramolecular Hbond substituents is 2. The van der Waals surface area contributed by atoms with Crippen molar-refractivity contribution in [3.8, 4) is 22.6 Å². The van der Waals surface area contributed by atoms with E-state index in [-0.39, 0.29) is 54.2 Å². The zero-order chi connectivity index (χ0) is 37.1. The first-order chi connectivity index (χ1) is 23.7. The number of fused-ring (bicyclic) bond motifs is 5. The number of aromatic hydroxyl groups is 2. The van der Waals surface area contributed by atoms with E-state index in [1.54, 1.807) is 6.07 Å². The molecule has 1 aliphatic rings. The van der Waals surface area contributed by atoms with Crippen LogP contribution in [0.2, 0.25) is 0 Å². The zero-order valence-electron chi connectivity index (χ0n) is 28.7. The number of nitrogens with zero attached hydrogens (tertiary/aromatic N) is 1. The summed E-state index contributed by atoms with van der Waals surface area (Å²) in [6.07, 6.45) is 0.655. The molecule has 16 nitrogen and oxygen atoms in total. The van der Waals surface area contributed by atoms with Crippen LogP contribution in [-0.4, -0.2) is 114 Å². The van der Waals surface area contributed by atoms with Crippen LogP contribution in [0.4, 0.5) is 0 Å². The van der Waals surface area contributed by atoms with Gasteiger partial charge < -0.3 is 51.5 Å². The van der Waals surface area contributed by atoms with Crippen LogP contribution in [0.3, 0.4) is 0 Å². The van der Waals surface area contributed by atoms with Gasteiger partial charge in [-0.3, -0.25) is 24.0 Å². The minimum absolute atomic E-state index is 0.0185. The molecule has 1 heterocycles. The number of hydrogen-bond donors (Lipinski definition) is 8. The molecule has 0 radical (unpaired) electrons. The molecular formula is C34H46N6O10. The normalized spacial score (nSPS) is 18.7. The van der Waals surface area contributed by atoms with Gasteiger partial charge >= 0.3 is 5.97 Å². The summed E-state index contributed by atoms with van der Waals surface area (Å²) >= 11 is 0. The van der Waals surface area contributed by atoms with Crippen molar-refractivity contribution in [2.24, 2.45) is 0 Å². The average molecular weight is 699 g/mol. The van der Waals surface area contributed by atoms with E-state index in [9.17, 15) is 39.0 Å². The molecule has 1 aliphatic heterocycles. The van der Waals surface area contributed by atoms with Crippen LogP contribution >= 0.6 is 0 Å². The van der Waals surface area contributed by atoms with E-state index in [4.69, 9.17) is 9.84 Å². The van der Waals surface area contributed by atoms with Crippen LogP contribution < -0.4 is 26.6 Å².